The molecule has 7 heteroatoms. The summed E-state index contributed by atoms with van der Waals surface area (Å²) in [6.45, 7) is 2.04. The Hall–Kier alpha value is -4.49. The number of rotatable bonds is 6. The molecule has 182 valence electrons. The van der Waals surface area contributed by atoms with Crippen molar-refractivity contribution in [2.75, 3.05) is 4.90 Å². The van der Waals surface area contributed by atoms with Gasteiger partial charge in [0.1, 0.15) is 23.4 Å². The second-order valence-corrected chi connectivity index (χ2v) is 9.24. The fraction of sp³-hybridized carbons (Fsp3) is 0.100. The molecular formula is C30H25N5OS. The normalized spacial score (nSPS) is 17.0. The van der Waals surface area contributed by atoms with Crippen LogP contribution in [0.25, 0.3) is 5.82 Å². The third-order valence-electron chi connectivity index (χ3n) is 6.51. The molecule has 2 atom stereocenters. The quantitative estimate of drug-likeness (QED) is 0.265. The molecule has 1 saturated heterocycles. The van der Waals surface area contributed by atoms with E-state index in [-0.39, 0.29) is 12.1 Å². The van der Waals surface area contributed by atoms with E-state index in [2.05, 4.69) is 30.8 Å². The fourth-order valence-electron chi connectivity index (χ4n) is 4.75. The van der Waals surface area contributed by atoms with Crippen LogP contribution in [0.4, 0.5) is 5.69 Å². The largest absolute Gasteiger partial charge is 0.457 e. The van der Waals surface area contributed by atoms with Crippen LogP contribution in [0, 0.1) is 6.92 Å². The van der Waals surface area contributed by atoms with Gasteiger partial charge in [0, 0.05) is 30.0 Å². The van der Waals surface area contributed by atoms with Crippen LogP contribution in [0.2, 0.25) is 0 Å². The predicted octanol–water partition coefficient (Wildman–Crippen LogP) is 6.55. The first kappa shape index (κ1) is 22.9. The molecule has 0 spiro atoms. The van der Waals surface area contributed by atoms with E-state index < -0.39 is 0 Å². The maximum atomic E-state index is 6.13. The number of aryl methyl sites for hydroxylation is 1. The smallest absolute Gasteiger partial charge is 0.174 e. The maximum Gasteiger partial charge on any atom is 0.174 e. The van der Waals surface area contributed by atoms with Crippen LogP contribution in [0.3, 0.4) is 0 Å². The topological polar surface area (TPSA) is 55.2 Å². The van der Waals surface area contributed by atoms with Crippen molar-refractivity contribution in [2.45, 2.75) is 19.0 Å². The highest BCUT2D eigenvalue weighted by atomic mass is 32.1. The van der Waals surface area contributed by atoms with Gasteiger partial charge >= 0.3 is 0 Å². The molecule has 4 heterocycles. The number of aromatic nitrogens is 3. The molecule has 0 radical (unpaired) electrons. The van der Waals surface area contributed by atoms with E-state index in [1.165, 1.54) is 0 Å². The SMILES string of the molecule is Cc1ccccc1Oc1ccc(N2C(=S)N[C@@H](c3ccccn3)[C@@H]2c2cccn2-c2ccccn2)cc1. The van der Waals surface area contributed by atoms with Crippen LogP contribution in [0.15, 0.2) is 116 Å². The third-order valence-corrected chi connectivity index (χ3v) is 6.83. The molecule has 1 fully saturated rings. The van der Waals surface area contributed by atoms with Crippen molar-refractivity contribution in [1.82, 2.24) is 19.9 Å². The van der Waals surface area contributed by atoms with Crippen LogP contribution >= 0.6 is 12.2 Å². The van der Waals surface area contributed by atoms with E-state index >= 15 is 0 Å². The van der Waals surface area contributed by atoms with E-state index in [1.54, 1.807) is 6.20 Å². The molecule has 1 N–H and O–H groups in total. The zero-order valence-corrected chi connectivity index (χ0v) is 21.0. The predicted molar refractivity (Wildman–Crippen MR) is 149 cm³/mol. The lowest BCUT2D eigenvalue weighted by molar-refractivity contribution is 0.479. The van der Waals surface area contributed by atoms with E-state index in [0.29, 0.717) is 5.11 Å². The zero-order valence-electron chi connectivity index (χ0n) is 20.2. The molecule has 6 rings (SSSR count). The van der Waals surface area contributed by atoms with Crippen molar-refractivity contribution < 1.29 is 4.74 Å². The van der Waals surface area contributed by atoms with Crippen molar-refractivity contribution in [3.8, 4) is 17.3 Å². The third kappa shape index (κ3) is 4.45. The van der Waals surface area contributed by atoms with E-state index in [4.69, 9.17) is 17.0 Å². The molecule has 1 aliphatic heterocycles. The number of nitrogens with one attached hydrogen (secondary N) is 1. The molecule has 0 unspecified atom stereocenters. The first-order chi connectivity index (χ1) is 18.2. The maximum absolute atomic E-state index is 6.13. The minimum atomic E-state index is -0.150. The number of ether oxygens (including phenoxy) is 1. The summed E-state index contributed by atoms with van der Waals surface area (Å²) in [5.41, 5.74) is 4.03. The summed E-state index contributed by atoms with van der Waals surface area (Å²) in [5, 5.41) is 4.17. The van der Waals surface area contributed by atoms with Gasteiger partial charge in [-0.15, -0.1) is 0 Å². The van der Waals surface area contributed by atoms with E-state index in [9.17, 15) is 0 Å². The van der Waals surface area contributed by atoms with Gasteiger partial charge in [-0.1, -0.05) is 30.3 Å². The zero-order chi connectivity index (χ0) is 25.2. The highest BCUT2D eigenvalue weighted by Crippen LogP contribution is 2.42. The Balaban J connectivity index is 1.39. The average molecular weight is 504 g/mol. The van der Waals surface area contributed by atoms with Crippen molar-refractivity contribution in [2.24, 2.45) is 0 Å². The number of anilines is 1. The Kier molecular flexibility index (Phi) is 6.12. The summed E-state index contributed by atoms with van der Waals surface area (Å²) in [4.78, 5) is 11.4. The molecule has 1 aliphatic rings. The van der Waals surface area contributed by atoms with Crippen molar-refractivity contribution in [3.05, 3.63) is 133 Å². The van der Waals surface area contributed by atoms with Gasteiger partial charge in [0.2, 0.25) is 0 Å². The fourth-order valence-corrected chi connectivity index (χ4v) is 5.09. The van der Waals surface area contributed by atoms with Gasteiger partial charge in [-0.3, -0.25) is 4.98 Å². The van der Waals surface area contributed by atoms with Gasteiger partial charge < -0.3 is 19.5 Å². The standard InChI is InChI=1S/C30H25N5OS/c1-21-9-2-3-12-26(21)36-23-16-14-22(15-17-23)35-29(28(33-30(35)37)24-10-4-6-18-31-24)25-11-8-20-34(25)27-13-5-7-19-32-27/h2-20,28-29H,1H3,(H,33,37)/t28-,29-/m0/s1. The highest BCUT2D eigenvalue weighted by Gasteiger charge is 2.42. The number of thiocarbonyl (C=S) groups is 1. The first-order valence-corrected chi connectivity index (χ1v) is 12.5. The molecule has 5 aromatic rings. The molecule has 37 heavy (non-hydrogen) atoms. The molecule has 6 nitrogen and oxygen atoms in total. The summed E-state index contributed by atoms with van der Waals surface area (Å²) in [5.74, 6) is 2.46. The van der Waals surface area contributed by atoms with Crippen LogP contribution in [-0.4, -0.2) is 19.6 Å². The number of benzene rings is 2. The minimum absolute atomic E-state index is 0.144. The summed E-state index contributed by atoms with van der Waals surface area (Å²) in [7, 11) is 0. The van der Waals surface area contributed by atoms with Gasteiger partial charge in [0.15, 0.2) is 5.11 Å². The Morgan fingerprint density at radius 3 is 2.30 bits per heavy atom. The number of nitrogens with zero attached hydrogens (tertiary/aromatic N) is 4. The average Bonchev–Trinajstić information content (AvgIpc) is 3.56. The second-order valence-electron chi connectivity index (χ2n) is 8.85. The first-order valence-electron chi connectivity index (χ1n) is 12.1. The summed E-state index contributed by atoms with van der Waals surface area (Å²) in [6, 6.07) is 31.8. The number of pyridine rings is 2. The van der Waals surface area contributed by atoms with Gasteiger partial charge in [0.05, 0.1) is 11.7 Å². The number of hydrogen-bond donors (Lipinski definition) is 1. The summed E-state index contributed by atoms with van der Waals surface area (Å²) >= 11 is 5.90. The van der Waals surface area contributed by atoms with Gasteiger partial charge in [0.25, 0.3) is 0 Å². The molecule has 0 amide bonds. The molecule has 0 aliphatic carbocycles. The van der Waals surface area contributed by atoms with Crippen molar-refractivity contribution >= 4 is 23.0 Å². The molecule has 0 saturated carbocycles. The lowest BCUT2D eigenvalue weighted by atomic mass is 10.0. The Labute approximate surface area is 221 Å². The molecule has 0 bridgehead atoms. The Morgan fingerprint density at radius 2 is 1.57 bits per heavy atom. The summed E-state index contributed by atoms with van der Waals surface area (Å²) in [6.07, 6.45) is 5.65. The number of para-hydroxylation sites is 1. The van der Waals surface area contributed by atoms with Crippen molar-refractivity contribution in [3.63, 3.8) is 0 Å². The van der Waals surface area contributed by atoms with Crippen LogP contribution in [-0.2, 0) is 0 Å². The monoisotopic (exact) mass is 503 g/mol. The van der Waals surface area contributed by atoms with E-state index in [0.717, 1.165) is 40.0 Å². The molecule has 2 aromatic carbocycles. The second kappa shape index (κ2) is 9.87. The minimum Gasteiger partial charge on any atom is -0.457 e. The Bertz CT molecular complexity index is 1520. The van der Waals surface area contributed by atoms with Gasteiger partial charge in [-0.25, -0.2) is 4.98 Å². The summed E-state index contributed by atoms with van der Waals surface area (Å²) < 4.78 is 8.24. The van der Waals surface area contributed by atoms with Crippen LogP contribution < -0.4 is 15.0 Å². The number of hydrogen-bond acceptors (Lipinski definition) is 4. The van der Waals surface area contributed by atoms with E-state index in [1.807, 2.05) is 110 Å². The van der Waals surface area contributed by atoms with Gasteiger partial charge in [-0.2, -0.15) is 0 Å². The van der Waals surface area contributed by atoms with Gasteiger partial charge in [-0.05, 0) is 91.4 Å². The van der Waals surface area contributed by atoms with Crippen LogP contribution in [0.1, 0.15) is 29.0 Å². The van der Waals surface area contributed by atoms with Crippen molar-refractivity contribution in [1.29, 1.82) is 0 Å². The van der Waals surface area contributed by atoms with Crippen LogP contribution in [0.5, 0.6) is 11.5 Å². The highest BCUT2D eigenvalue weighted by molar-refractivity contribution is 7.80. The lowest BCUT2D eigenvalue weighted by Gasteiger charge is -2.29. The molecular weight excluding hydrogens is 478 g/mol. The Morgan fingerprint density at radius 1 is 0.811 bits per heavy atom. The molecule has 3 aromatic heterocycles. The lowest BCUT2D eigenvalue weighted by Crippen LogP contribution is -2.30.